The van der Waals surface area contributed by atoms with Gasteiger partial charge in [0.1, 0.15) is 0 Å². The van der Waals surface area contributed by atoms with E-state index in [1.807, 2.05) is 6.07 Å². The van der Waals surface area contributed by atoms with Gasteiger partial charge in [-0.25, -0.2) is 8.42 Å². The molecule has 0 aromatic heterocycles. The highest BCUT2D eigenvalue weighted by molar-refractivity contribution is 7.91. The Morgan fingerprint density at radius 3 is 3.00 bits per heavy atom. The Bertz CT molecular complexity index is 602. The Labute approximate surface area is 125 Å². The van der Waals surface area contributed by atoms with E-state index in [1.165, 1.54) is 12.1 Å². The minimum atomic E-state index is -3.34. The van der Waals surface area contributed by atoms with Gasteiger partial charge in [-0.05, 0) is 37.0 Å². The van der Waals surface area contributed by atoms with E-state index in [0.717, 1.165) is 32.6 Å². The average molecular weight is 308 g/mol. The molecule has 5 nitrogen and oxygen atoms in total. The molecule has 6 heteroatoms. The Balaban J connectivity index is 1.82. The normalized spacial score (nSPS) is 19.1. The number of hydrogen-bond donors (Lipinski definition) is 1. The molecule has 0 saturated carbocycles. The SMILES string of the molecule is N#Cc1cccc(S(=O)(=O)CCNCC2CCCOC2)c1. The van der Waals surface area contributed by atoms with Crippen molar-refractivity contribution in [1.29, 1.82) is 5.26 Å². The van der Waals surface area contributed by atoms with Gasteiger partial charge >= 0.3 is 0 Å². The van der Waals surface area contributed by atoms with Gasteiger partial charge in [0, 0.05) is 19.7 Å². The topological polar surface area (TPSA) is 79.2 Å². The molecule has 1 fully saturated rings. The van der Waals surface area contributed by atoms with Crippen molar-refractivity contribution in [2.45, 2.75) is 17.7 Å². The number of nitrogens with one attached hydrogen (secondary N) is 1. The number of nitriles is 1. The molecule has 114 valence electrons. The smallest absolute Gasteiger partial charge is 0.179 e. The summed E-state index contributed by atoms with van der Waals surface area (Å²) in [6.07, 6.45) is 2.20. The highest BCUT2D eigenvalue weighted by Crippen LogP contribution is 2.14. The van der Waals surface area contributed by atoms with Gasteiger partial charge in [-0.2, -0.15) is 5.26 Å². The van der Waals surface area contributed by atoms with Crippen molar-refractivity contribution in [2.24, 2.45) is 5.92 Å². The van der Waals surface area contributed by atoms with Gasteiger partial charge in [-0.1, -0.05) is 6.07 Å². The molecule has 1 heterocycles. The molecule has 1 N–H and O–H groups in total. The fraction of sp³-hybridized carbons (Fsp3) is 0.533. The maximum Gasteiger partial charge on any atom is 0.179 e. The van der Waals surface area contributed by atoms with Crippen molar-refractivity contribution in [3.05, 3.63) is 29.8 Å². The Hall–Kier alpha value is -1.42. The second-order valence-corrected chi connectivity index (χ2v) is 7.35. The van der Waals surface area contributed by atoms with Gasteiger partial charge in [-0.3, -0.25) is 0 Å². The first-order valence-electron chi connectivity index (χ1n) is 7.13. The second kappa shape index (κ2) is 7.55. The summed E-state index contributed by atoms with van der Waals surface area (Å²) in [5.41, 5.74) is 0.364. The van der Waals surface area contributed by atoms with E-state index in [2.05, 4.69) is 5.32 Å². The molecule has 0 spiro atoms. The Morgan fingerprint density at radius 2 is 2.29 bits per heavy atom. The van der Waals surface area contributed by atoms with Crippen LogP contribution in [0.5, 0.6) is 0 Å². The third-order valence-corrected chi connectivity index (χ3v) is 5.27. The molecule has 1 aromatic rings. The summed E-state index contributed by atoms with van der Waals surface area (Å²) in [4.78, 5) is 0.212. The Kier molecular flexibility index (Phi) is 5.74. The lowest BCUT2D eigenvalue weighted by molar-refractivity contribution is 0.0551. The van der Waals surface area contributed by atoms with Crippen LogP contribution < -0.4 is 5.32 Å². The molecule has 1 aliphatic rings. The van der Waals surface area contributed by atoms with E-state index >= 15 is 0 Å². The van der Waals surface area contributed by atoms with Crippen LogP contribution in [0.3, 0.4) is 0 Å². The van der Waals surface area contributed by atoms with Gasteiger partial charge in [-0.15, -0.1) is 0 Å². The van der Waals surface area contributed by atoms with Crippen LogP contribution in [-0.4, -0.2) is 40.5 Å². The van der Waals surface area contributed by atoms with Crippen molar-refractivity contribution in [1.82, 2.24) is 5.32 Å². The second-order valence-electron chi connectivity index (χ2n) is 5.25. The van der Waals surface area contributed by atoms with Crippen molar-refractivity contribution in [3.63, 3.8) is 0 Å². The van der Waals surface area contributed by atoms with E-state index in [4.69, 9.17) is 10.00 Å². The van der Waals surface area contributed by atoms with Crippen LogP contribution in [0.25, 0.3) is 0 Å². The zero-order chi connectivity index (χ0) is 15.1. The van der Waals surface area contributed by atoms with Crippen molar-refractivity contribution in [3.8, 4) is 6.07 Å². The van der Waals surface area contributed by atoms with Crippen LogP contribution in [0.1, 0.15) is 18.4 Å². The van der Waals surface area contributed by atoms with Gasteiger partial charge in [0.05, 0.1) is 28.9 Å². The molecular formula is C15H20N2O3S. The van der Waals surface area contributed by atoms with E-state index in [0.29, 0.717) is 18.0 Å². The van der Waals surface area contributed by atoms with Crippen LogP contribution in [-0.2, 0) is 14.6 Å². The summed E-state index contributed by atoms with van der Waals surface area (Å²) in [5.74, 6) is 0.513. The first-order valence-corrected chi connectivity index (χ1v) is 8.78. The lowest BCUT2D eigenvalue weighted by atomic mass is 10.0. The fourth-order valence-electron chi connectivity index (χ4n) is 2.36. The molecule has 0 bridgehead atoms. The number of rotatable bonds is 6. The zero-order valence-electron chi connectivity index (χ0n) is 11.9. The predicted octanol–water partition coefficient (Wildman–Crippen LogP) is 1.35. The first-order chi connectivity index (χ1) is 10.1. The van der Waals surface area contributed by atoms with Crippen molar-refractivity contribution >= 4 is 9.84 Å². The molecule has 21 heavy (non-hydrogen) atoms. The summed E-state index contributed by atoms with van der Waals surface area (Å²) in [6, 6.07) is 8.10. The monoisotopic (exact) mass is 308 g/mol. The first kappa shape index (κ1) is 16.0. The maximum atomic E-state index is 12.2. The molecule has 1 saturated heterocycles. The van der Waals surface area contributed by atoms with Gasteiger partial charge in [0.15, 0.2) is 9.84 Å². The summed E-state index contributed by atoms with van der Waals surface area (Å²) < 4.78 is 29.7. The number of nitrogens with zero attached hydrogens (tertiary/aromatic N) is 1. The maximum absolute atomic E-state index is 12.2. The lowest BCUT2D eigenvalue weighted by Gasteiger charge is -2.22. The van der Waals surface area contributed by atoms with Gasteiger partial charge < -0.3 is 10.1 Å². The molecule has 0 amide bonds. The van der Waals surface area contributed by atoms with Crippen LogP contribution in [0, 0.1) is 17.2 Å². The van der Waals surface area contributed by atoms with E-state index in [9.17, 15) is 8.42 Å². The molecule has 1 aliphatic heterocycles. The molecular weight excluding hydrogens is 288 g/mol. The van der Waals surface area contributed by atoms with Crippen LogP contribution >= 0.6 is 0 Å². The van der Waals surface area contributed by atoms with E-state index in [1.54, 1.807) is 12.1 Å². The van der Waals surface area contributed by atoms with Crippen LogP contribution in [0.2, 0.25) is 0 Å². The predicted molar refractivity (Wildman–Crippen MR) is 79.6 cm³/mol. The number of benzene rings is 1. The summed E-state index contributed by atoms with van der Waals surface area (Å²) >= 11 is 0. The number of sulfone groups is 1. The molecule has 0 radical (unpaired) electrons. The number of ether oxygens (including phenoxy) is 1. The minimum absolute atomic E-state index is 0.0372. The van der Waals surface area contributed by atoms with Crippen LogP contribution in [0.4, 0.5) is 0 Å². The summed E-state index contributed by atoms with van der Waals surface area (Å²) in [6.45, 7) is 2.79. The van der Waals surface area contributed by atoms with Gasteiger partial charge in [0.25, 0.3) is 0 Å². The third-order valence-electron chi connectivity index (χ3n) is 3.56. The fourth-order valence-corrected chi connectivity index (χ4v) is 3.60. The standard InChI is InChI=1S/C15H20N2O3S/c16-10-13-3-1-5-15(9-13)21(18,19)8-6-17-11-14-4-2-7-20-12-14/h1,3,5,9,14,17H,2,4,6-8,11-12H2. The van der Waals surface area contributed by atoms with E-state index in [-0.39, 0.29) is 10.6 Å². The average Bonchev–Trinajstić information content (AvgIpc) is 2.53. The Morgan fingerprint density at radius 1 is 1.43 bits per heavy atom. The molecule has 2 rings (SSSR count). The molecule has 1 aromatic carbocycles. The zero-order valence-corrected chi connectivity index (χ0v) is 12.7. The quantitative estimate of drug-likeness (QED) is 0.803. The third kappa shape index (κ3) is 4.81. The van der Waals surface area contributed by atoms with Crippen molar-refractivity contribution < 1.29 is 13.2 Å². The van der Waals surface area contributed by atoms with E-state index < -0.39 is 9.84 Å². The van der Waals surface area contributed by atoms with Crippen molar-refractivity contribution in [2.75, 3.05) is 32.1 Å². The highest BCUT2D eigenvalue weighted by atomic mass is 32.2. The lowest BCUT2D eigenvalue weighted by Crippen LogP contribution is -2.32. The van der Waals surface area contributed by atoms with Crippen LogP contribution in [0.15, 0.2) is 29.2 Å². The van der Waals surface area contributed by atoms with Gasteiger partial charge in [0.2, 0.25) is 0 Å². The minimum Gasteiger partial charge on any atom is -0.381 e. The molecule has 0 aliphatic carbocycles. The molecule has 1 atom stereocenters. The summed E-state index contributed by atoms with van der Waals surface area (Å²) in [7, 11) is -3.34. The number of hydrogen-bond acceptors (Lipinski definition) is 5. The molecule has 1 unspecified atom stereocenters. The highest BCUT2D eigenvalue weighted by Gasteiger charge is 2.16. The largest absolute Gasteiger partial charge is 0.381 e. The summed E-state index contributed by atoms with van der Waals surface area (Å²) in [5, 5.41) is 12.0.